The number of pyridine rings is 1. The zero-order valence-corrected chi connectivity index (χ0v) is 17.0. The minimum atomic E-state index is 0.345. The Kier molecular flexibility index (Phi) is 5.11. The van der Waals surface area contributed by atoms with E-state index in [2.05, 4.69) is 27.1 Å². The van der Waals surface area contributed by atoms with Crippen molar-refractivity contribution >= 4 is 11.6 Å². The first-order valence-corrected chi connectivity index (χ1v) is 10.3. The Labute approximate surface area is 179 Å². The molecule has 0 amide bonds. The number of hydrogen-bond donors (Lipinski definition) is 1. The summed E-state index contributed by atoms with van der Waals surface area (Å²) in [5.41, 5.74) is 3.31. The van der Waals surface area contributed by atoms with Gasteiger partial charge in [0.15, 0.2) is 0 Å². The van der Waals surface area contributed by atoms with Gasteiger partial charge in [0, 0.05) is 24.6 Å². The van der Waals surface area contributed by atoms with Gasteiger partial charge < -0.3 is 14.5 Å². The van der Waals surface area contributed by atoms with Crippen molar-refractivity contribution in [1.29, 1.82) is 0 Å². The average Bonchev–Trinajstić information content (AvgIpc) is 3.23. The van der Waals surface area contributed by atoms with E-state index in [0.717, 1.165) is 47.0 Å². The number of rotatable bonds is 5. The van der Waals surface area contributed by atoms with Crippen molar-refractivity contribution in [2.45, 2.75) is 12.8 Å². The highest BCUT2D eigenvalue weighted by Gasteiger charge is 2.22. The predicted octanol–water partition coefficient (Wildman–Crippen LogP) is 5.71. The van der Waals surface area contributed by atoms with E-state index in [-0.39, 0.29) is 0 Å². The number of nitrogens with zero attached hydrogens (tertiary/aromatic N) is 2. The molecule has 1 N–H and O–H groups in total. The minimum absolute atomic E-state index is 0.345. The molecule has 0 bridgehead atoms. The number of hydrogen-bond acceptors (Lipinski definition) is 4. The van der Waals surface area contributed by atoms with E-state index >= 15 is 0 Å². The number of halogens is 1. The van der Waals surface area contributed by atoms with Crippen LogP contribution in [0.15, 0.2) is 73.1 Å². The van der Waals surface area contributed by atoms with E-state index in [4.69, 9.17) is 21.1 Å². The molecule has 2 aromatic carbocycles. The van der Waals surface area contributed by atoms with Crippen LogP contribution in [0.5, 0.6) is 17.2 Å². The van der Waals surface area contributed by atoms with Crippen LogP contribution in [0.2, 0.25) is 5.15 Å². The van der Waals surface area contributed by atoms with Crippen LogP contribution in [0.25, 0.3) is 11.3 Å². The second-order valence-corrected chi connectivity index (χ2v) is 7.77. The van der Waals surface area contributed by atoms with Crippen molar-refractivity contribution in [3.63, 3.8) is 0 Å². The molecule has 0 radical (unpaired) electrons. The van der Waals surface area contributed by atoms with Crippen LogP contribution in [-0.4, -0.2) is 21.6 Å². The molecular weight excluding hydrogens is 398 g/mol. The van der Waals surface area contributed by atoms with Crippen LogP contribution in [0.3, 0.4) is 0 Å². The number of fused-ring (bicyclic) bond motifs is 1. The van der Waals surface area contributed by atoms with Gasteiger partial charge in [-0.2, -0.15) is 0 Å². The van der Waals surface area contributed by atoms with Gasteiger partial charge in [0.1, 0.15) is 28.2 Å². The van der Waals surface area contributed by atoms with Crippen LogP contribution < -0.4 is 9.47 Å². The highest BCUT2D eigenvalue weighted by Crippen LogP contribution is 2.33. The maximum atomic E-state index is 6.00. The van der Waals surface area contributed by atoms with Gasteiger partial charge in [-0.25, -0.2) is 9.97 Å². The van der Waals surface area contributed by atoms with Crippen LogP contribution in [-0.2, 0) is 12.8 Å². The van der Waals surface area contributed by atoms with Crippen molar-refractivity contribution in [1.82, 2.24) is 15.0 Å². The Hall–Kier alpha value is -3.31. The summed E-state index contributed by atoms with van der Waals surface area (Å²) in [7, 11) is 0. The summed E-state index contributed by atoms with van der Waals surface area (Å²) < 4.78 is 11.9. The lowest BCUT2D eigenvalue weighted by Gasteiger charge is -2.25. The van der Waals surface area contributed by atoms with Gasteiger partial charge in [-0.05, 0) is 41.8 Å². The molecule has 6 heteroatoms. The summed E-state index contributed by atoms with van der Waals surface area (Å²) in [5.74, 6) is 3.65. The smallest absolute Gasteiger partial charge is 0.132 e. The van der Waals surface area contributed by atoms with Crippen LogP contribution in [0, 0.1) is 5.92 Å². The fourth-order valence-corrected chi connectivity index (χ4v) is 3.88. The van der Waals surface area contributed by atoms with Gasteiger partial charge in [-0.15, -0.1) is 0 Å². The van der Waals surface area contributed by atoms with E-state index in [1.54, 1.807) is 18.3 Å². The van der Waals surface area contributed by atoms with E-state index in [0.29, 0.717) is 23.4 Å². The topological polar surface area (TPSA) is 60.0 Å². The molecule has 0 spiro atoms. The molecule has 2 aromatic heterocycles. The fourth-order valence-electron chi connectivity index (χ4n) is 3.72. The molecule has 0 saturated heterocycles. The van der Waals surface area contributed by atoms with E-state index < -0.39 is 0 Å². The summed E-state index contributed by atoms with van der Waals surface area (Å²) in [5, 5.41) is 0.405. The molecule has 0 fully saturated rings. The first kappa shape index (κ1) is 18.7. The normalized spacial score (nSPS) is 15.3. The number of aromatic nitrogens is 3. The Bertz CT molecular complexity index is 1160. The summed E-state index contributed by atoms with van der Waals surface area (Å²) in [6, 6.07) is 19.6. The lowest BCUT2D eigenvalue weighted by Crippen LogP contribution is -2.23. The fraction of sp³-hybridized carbons (Fsp3) is 0.167. The maximum Gasteiger partial charge on any atom is 0.132 e. The number of imidazole rings is 1. The predicted molar refractivity (Wildman–Crippen MR) is 116 cm³/mol. The van der Waals surface area contributed by atoms with Crippen molar-refractivity contribution < 1.29 is 9.47 Å². The number of benzene rings is 2. The highest BCUT2D eigenvalue weighted by atomic mass is 35.5. The third-order valence-corrected chi connectivity index (χ3v) is 5.35. The molecule has 1 aliphatic rings. The molecule has 1 aliphatic heterocycles. The lowest BCUT2D eigenvalue weighted by atomic mass is 9.93. The molecule has 1 atom stereocenters. The number of aromatic amines is 1. The van der Waals surface area contributed by atoms with Crippen molar-refractivity contribution in [3.05, 3.63) is 89.6 Å². The molecule has 30 heavy (non-hydrogen) atoms. The molecule has 5 nitrogen and oxygen atoms in total. The Balaban J connectivity index is 1.28. The molecule has 1 unspecified atom stereocenters. The van der Waals surface area contributed by atoms with Gasteiger partial charge in [-0.3, -0.25) is 0 Å². The van der Waals surface area contributed by atoms with Crippen LogP contribution in [0.4, 0.5) is 0 Å². The third-order valence-electron chi connectivity index (χ3n) is 5.14. The van der Waals surface area contributed by atoms with E-state index in [9.17, 15) is 0 Å². The van der Waals surface area contributed by atoms with Gasteiger partial charge in [-0.1, -0.05) is 41.9 Å². The Morgan fingerprint density at radius 1 is 1.03 bits per heavy atom. The van der Waals surface area contributed by atoms with Crippen molar-refractivity contribution in [3.8, 4) is 28.5 Å². The van der Waals surface area contributed by atoms with Crippen molar-refractivity contribution in [2.24, 2.45) is 5.92 Å². The molecule has 0 aliphatic carbocycles. The second-order valence-electron chi connectivity index (χ2n) is 7.38. The molecule has 5 rings (SSSR count). The maximum absolute atomic E-state index is 6.00. The number of ether oxygens (including phenoxy) is 2. The highest BCUT2D eigenvalue weighted by molar-refractivity contribution is 6.29. The molecule has 3 heterocycles. The molecule has 150 valence electrons. The van der Waals surface area contributed by atoms with Gasteiger partial charge >= 0.3 is 0 Å². The summed E-state index contributed by atoms with van der Waals surface area (Å²) in [4.78, 5) is 12.0. The molecule has 0 saturated carbocycles. The Morgan fingerprint density at radius 3 is 2.77 bits per heavy atom. The molecule has 4 aromatic rings. The first-order chi connectivity index (χ1) is 14.7. The third kappa shape index (κ3) is 4.16. The summed E-state index contributed by atoms with van der Waals surface area (Å²) in [6.07, 6.45) is 5.26. The Morgan fingerprint density at radius 2 is 1.90 bits per heavy atom. The van der Waals surface area contributed by atoms with Gasteiger partial charge in [0.05, 0.1) is 18.5 Å². The zero-order valence-electron chi connectivity index (χ0n) is 16.2. The zero-order chi connectivity index (χ0) is 20.3. The van der Waals surface area contributed by atoms with Crippen LogP contribution in [0.1, 0.15) is 11.4 Å². The number of H-pyrrole nitrogens is 1. The standard InChI is InChI=1S/C24H20ClN3O2/c25-23-13-20(8-9-26-23)30-19-6-7-22-18(12-19)10-16(15-29-22)11-24-27-14-21(28-24)17-4-2-1-3-5-17/h1-9,12-14,16H,10-11,15H2,(H,27,28). The first-order valence-electron chi connectivity index (χ1n) is 9.87. The quantitative estimate of drug-likeness (QED) is 0.422. The van der Waals surface area contributed by atoms with E-state index in [1.165, 1.54) is 0 Å². The van der Waals surface area contributed by atoms with Gasteiger partial charge in [0.2, 0.25) is 0 Å². The van der Waals surface area contributed by atoms with Crippen LogP contribution >= 0.6 is 11.6 Å². The van der Waals surface area contributed by atoms with Gasteiger partial charge in [0.25, 0.3) is 0 Å². The average molecular weight is 418 g/mol. The lowest BCUT2D eigenvalue weighted by molar-refractivity contribution is 0.219. The monoisotopic (exact) mass is 417 g/mol. The minimum Gasteiger partial charge on any atom is -0.493 e. The summed E-state index contributed by atoms with van der Waals surface area (Å²) >= 11 is 5.94. The second kappa shape index (κ2) is 8.20. The van der Waals surface area contributed by atoms with E-state index in [1.807, 2.05) is 42.6 Å². The SMILES string of the molecule is Clc1cc(Oc2ccc3c(c2)CC(Cc2ncc(-c4ccccc4)[nH]2)CO3)ccn1. The molecular formula is C24H20ClN3O2. The largest absolute Gasteiger partial charge is 0.493 e. The summed E-state index contributed by atoms with van der Waals surface area (Å²) in [6.45, 7) is 0.675. The number of nitrogens with one attached hydrogen (secondary N) is 1. The van der Waals surface area contributed by atoms with Crippen molar-refractivity contribution in [2.75, 3.05) is 6.61 Å².